The molecular formula is C18H22N4O3. The molecule has 0 saturated carbocycles. The minimum Gasteiger partial charge on any atom is -0.348 e. The first-order chi connectivity index (χ1) is 11.9. The van der Waals surface area contributed by atoms with Gasteiger partial charge in [0.2, 0.25) is 5.91 Å². The van der Waals surface area contributed by atoms with Crippen molar-refractivity contribution in [2.75, 3.05) is 12.4 Å². The second-order valence-corrected chi connectivity index (χ2v) is 5.68. The smallest absolute Gasteiger partial charge is 0.319 e. The van der Waals surface area contributed by atoms with Crippen molar-refractivity contribution in [3.63, 3.8) is 0 Å². The van der Waals surface area contributed by atoms with E-state index >= 15 is 0 Å². The first kappa shape index (κ1) is 18.3. The quantitative estimate of drug-likeness (QED) is 0.773. The lowest BCUT2D eigenvalue weighted by molar-refractivity contribution is -0.122. The number of carbonyl (C=O) groups excluding carboxylic acids is 2. The number of benzene rings is 1. The zero-order chi connectivity index (χ0) is 18.4. The fraction of sp³-hybridized carbons (Fsp3) is 0.278. The zero-order valence-electron chi connectivity index (χ0n) is 14.5. The lowest BCUT2D eigenvalue weighted by Gasteiger charge is -2.16. The summed E-state index contributed by atoms with van der Waals surface area (Å²) >= 11 is 0. The molecule has 7 nitrogen and oxygen atoms in total. The van der Waals surface area contributed by atoms with E-state index in [-0.39, 0.29) is 24.2 Å². The van der Waals surface area contributed by atoms with Crippen LogP contribution < -0.4 is 21.5 Å². The molecule has 0 fully saturated rings. The van der Waals surface area contributed by atoms with Gasteiger partial charge in [-0.3, -0.25) is 9.59 Å². The van der Waals surface area contributed by atoms with Crippen LogP contribution in [0.15, 0.2) is 47.3 Å². The van der Waals surface area contributed by atoms with E-state index < -0.39 is 11.6 Å². The van der Waals surface area contributed by atoms with E-state index in [0.29, 0.717) is 5.69 Å². The molecule has 0 spiro atoms. The molecule has 0 radical (unpaired) electrons. The minimum absolute atomic E-state index is 0.119. The van der Waals surface area contributed by atoms with E-state index in [1.54, 1.807) is 13.0 Å². The van der Waals surface area contributed by atoms with Gasteiger partial charge in [-0.15, -0.1) is 0 Å². The molecule has 0 saturated heterocycles. The third kappa shape index (κ3) is 4.69. The number of aryl methyl sites for hydroxylation is 1. The fourth-order valence-electron chi connectivity index (χ4n) is 2.40. The van der Waals surface area contributed by atoms with E-state index in [1.165, 1.54) is 17.7 Å². The van der Waals surface area contributed by atoms with Crippen molar-refractivity contribution in [1.82, 2.24) is 15.2 Å². The number of hydrogen-bond donors (Lipinski definition) is 3. The Kier molecular flexibility index (Phi) is 5.94. The van der Waals surface area contributed by atoms with Gasteiger partial charge in [-0.2, -0.15) is 0 Å². The molecule has 1 aromatic carbocycles. The first-order valence-electron chi connectivity index (χ1n) is 7.96. The van der Waals surface area contributed by atoms with E-state index in [1.807, 2.05) is 37.3 Å². The Morgan fingerprint density at radius 2 is 1.80 bits per heavy atom. The summed E-state index contributed by atoms with van der Waals surface area (Å²) in [6.45, 7) is 3.50. The summed E-state index contributed by atoms with van der Waals surface area (Å²) in [6, 6.07) is 12.1. The summed E-state index contributed by atoms with van der Waals surface area (Å²) in [4.78, 5) is 36.2. The van der Waals surface area contributed by atoms with Crippen LogP contribution in [0.4, 0.5) is 10.5 Å². The number of amides is 3. The minimum atomic E-state index is -0.491. The topological polar surface area (TPSA) is 92.2 Å². The van der Waals surface area contributed by atoms with E-state index in [4.69, 9.17) is 0 Å². The molecule has 2 aromatic rings. The van der Waals surface area contributed by atoms with Gasteiger partial charge < -0.3 is 20.5 Å². The molecular weight excluding hydrogens is 320 g/mol. The van der Waals surface area contributed by atoms with Crippen LogP contribution in [0.2, 0.25) is 0 Å². The summed E-state index contributed by atoms with van der Waals surface area (Å²) in [7, 11) is 1.46. The molecule has 0 unspecified atom stereocenters. The van der Waals surface area contributed by atoms with E-state index in [0.717, 1.165) is 5.56 Å². The maximum atomic E-state index is 12.5. The molecule has 0 aliphatic carbocycles. The van der Waals surface area contributed by atoms with Gasteiger partial charge >= 0.3 is 6.03 Å². The van der Waals surface area contributed by atoms with Gasteiger partial charge in [0.15, 0.2) is 0 Å². The predicted octanol–water partition coefficient (Wildman–Crippen LogP) is 1.79. The third-order valence-electron chi connectivity index (χ3n) is 3.85. The van der Waals surface area contributed by atoms with Crippen molar-refractivity contribution in [3.05, 3.63) is 64.1 Å². The standard InChI is InChI=1S/C18H22N4O3/c1-12-9-10-15(21-18(25)19-3)17(24)22(12)11-16(23)20-13(2)14-7-5-4-6-8-14/h4-10,13H,11H2,1-3H3,(H,20,23)(H2,19,21,25)/t13-/m1/s1. The summed E-state index contributed by atoms with van der Waals surface area (Å²) in [5.74, 6) is -0.279. The van der Waals surface area contributed by atoms with Gasteiger partial charge in [-0.25, -0.2) is 4.79 Å². The van der Waals surface area contributed by atoms with Crippen LogP contribution in [0.1, 0.15) is 24.2 Å². The Labute approximate surface area is 146 Å². The highest BCUT2D eigenvalue weighted by Crippen LogP contribution is 2.11. The average Bonchev–Trinajstić information content (AvgIpc) is 2.61. The normalized spacial score (nSPS) is 11.5. The zero-order valence-corrected chi connectivity index (χ0v) is 14.5. The van der Waals surface area contributed by atoms with Crippen molar-refractivity contribution in [2.24, 2.45) is 0 Å². The van der Waals surface area contributed by atoms with Gasteiger partial charge in [0.05, 0.1) is 6.04 Å². The van der Waals surface area contributed by atoms with E-state index in [9.17, 15) is 14.4 Å². The van der Waals surface area contributed by atoms with Crippen LogP contribution in [0.5, 0.6) is 0 Å². The average molecular weight is 342 g/mol. The van der Waals surface area contributed by atoms with Crippen molar-refractivity contribution in [1.29, 1.82) is 0 Å². The molecule has 1 heterocycles. The second-order valence-electron chi connectivity index (χ2n) is 5.68. The molecule has 1 atom stereocenters. The Balaban J connectivity index is 2.13. The Hall–Kier alpha value is -3.09. The molecule has 0 bridgehead atoms. The highest BCUT2D eigenvalue weighted by molar-refractivity contribution is 5.88. The number of nitrogens with one attached hydrogen (secondary N) is 3. The first-order valence-corrected chi connectivity index (χ1v) is 7.96. The molecule has 25 heavy (non-hydrogen) atoms. The SMILES string of the molecule is CNC(=O)Nc1ccc(C)n(CC(=O)N[C@H](C)c2ccccc2)c1=O. The van der Waals surface area contributed by atoms with Crippen LogP contribution >= 0.6 is 0 Å². The maximum absolute atomic E-state index is 12.5. The fourth-order valence-corrected chi connectivity index (χ4v) is 2.40. The lowest BCUT2D eigenvalue weighted by Crippen LogP contribution is -2.36. The Morgan fingerprint density at radius 3 is 2.44 bits per heavy atom. The summed E-state index contributed by atoms with van der Waals surface area (Å²) in [6.07, 6.45) is 0. The molecule has 2 rings (SSSR count). The largest absolute Gasteiger partial charge is 0.348 e. The number of pyridine rings is 1. The number of rotatable bonds is 5. The van der Waals surface area contributed by atoms with Crippen molar-refractivity contribution in [2.45, 2.75) is 26.4 Å². The van der Waals surface area contributed by atoms with Crippen molar-refractivity contribution >= 4 is 17.6 Å². The van der Waals surface area contributed by atoms with Gasteiger partial charge in [-0.05, 0) is 31.5 Å². The number of aromatic nitrogens is 1. The molecule has 132 valence electrons. The van der Waals surface area contributed by atoms with Crippen molar-refractivity contribution < 1.29 is 9.59 Å². The Bertz CT molecular complexity index is 815. The van der Waals surface area contributed by atoms with Crippen LogP contribution in [0.25, 0.3) is 0 Å². The van der Waals surface area contributed by atoms with Crippen LogP contribution in [0.3, 0.4) is 0 Å². The number of hydrogen-bond acceptors (Lipinski definition) is 3. The summed E-state index contributed by atoms with van der Waals surface area (Å²) < 4.78 is 1.33. The number of anilines is 1. The monoisotopic (exact) mass is 342 g/mol. The molecule has 3 N–H and O–H groups in total. The number of carbonyl (C=O) groups is 2. The molecule has 1 aromatic heterocycles. The van der Waals surface area contributed by atoms with Gasteiger partial charge in [-0.1, -0.05) is 30.3 Å². The highest BCUT2D eigenvalue weighted by Gasteiger charge is 2.14. The lowest BCUT2D eigenvalue weighted by atomic mass is 10.1. The van der Waals surface area contributed by atoms with Crippen LogP contribution in [-0.2, 0) is 11.3 Å². The Morgan fingerprint density at radius 1 is 1.12 bits per heavy atom. The number of urea groups is 1. The molecule has 3 amide bonds. The summed E-state index contributed by atoms with van der Waals surface area (Å²) in [5.41, 5.74) is 1.31. The second kappa shape index (κ2) is 8.14. The third-order valence-corrected chi connectivity index (χ3v) is 3.85. The van der Waals surface area contributed by atoms with Gasteiger partial charge in [0.1, 0.15) is 12.2 Å². The van der Waals surface area contributed by atoms with Gasteiger partial charge in [0.25, 0.3) is 5.56 Å². The molecule has 7 heteroatoms. The predicted molar refractivity (Wildman–Crippen MR) is 96.5 cm³/mol. The molecule has 0 aliphatic heterocycles. The highest BCUT2D eigenvalue weighted by atomic mass is 16.2. The number of nitrogens with zero attached hydrogens (tertiary/aromatic N) is 1. The van der Waals surface area contributed by atoms with Crippen LogP contribution in [0, 0.1) is 6.92 Å². The molecule has 0 aliphatic rings. The van der Waals surface area contributed by atoms with Gasteiger partial charge in [0, 0.05) is 12.7 Å². The summed E-state index contributed by atoms with van der Waals surface area (Å²) in [5, 5.41) is 7.71. The van der Waals surface area contributed by atoms with Crippen molar-refractivity contribution in [3.8, 4) is 0 Å². The maximum Gasteiger partial charge on any atom is 0.319 e. The van der Waals surface area contributed by atoms with E-state index in [2.05, 4.69) is 16.0 Å². The van der Waals surface area contributed by atoms with Crippen LogP contribution in [-0.4, -0.2) is 23.6 Å².